The van der Waals surface area contributed by atoms with Gasteiger partial charge in [-0.1, -0.05) is 30.3 Å². The van der Waals surface area contributed by atoms with Crippen LogP contribution in [0.2, 0.25) is 0 Å². The van der Waals surface area contributed by atoms with Crippen LogP contribution in [0.1, 0.15) is 5.56 Å². The highest BCUT2D eigenvalue weighted by Crippen LogP contribution is 2.37. The molecule has 48 heavy (non-hydrogen) atoms. The summed E-state index contributed by atoms with van der Waals surface area (Å²) in [7, 11) is 5.60. The maximum atomic E-state index is 13.5. The van der Waals surface area contributed by atoms with Crippen molar-refractivity contribution in [3.63, 3.8) is 0 Å². The fraction of sp³-hybridized carbons (Fsp3) is 0.167. The number of pyridine rings is 1. The van der Waals surface area contributed by atoms with Crippen molar-refractivity contribution in [3.05, 3.63) is 115 Å². The summed E-state index contributed by atoms with van der Waals surface area (Å²) in [5, 5.41) is 8.23. The molecule has 6 aromatic rings. The molecule has 0 bridgehead atoms. The number of nitrogens with one attached hydrogen (secondary N) is 1. The van der Waals surface area contributed by atoms with E-state index in [1.54, 1.807) is 42.2 Å². The Morgan fingerprint density at radius 1 is 0.979 bits per heavy atom. The van der Waals surface area contributed by atoms with E-state index < -0.39 is 6.03 Å². The van der Waals surface area contributed by atoms with Crippen molar-refractivity contribution >= 4 is 28.9 Å². The van der Waals surface area contributed by atoms with Gasteiger partial charge in [-0.15, -0.1) is 0 Å². The highest BCUT2D eigenvalue weighted by Gasteiger charge is 2.21. The average molecular weight is 647 g/mol. The zero-order valence-corrected chi connectivity index (χ0v) is 26.8. The molecule has 0 radical (unpaired) electrons. The van der Waals surface area contributed by atoms with Crippen LogP contribution in [-0.4, -0.2) is 64.9 Å². The Hall–Kier alpha value is -6.01. The van der Waals surface area contributed by atoms with Gasteiger partial charge < -0.3 is 25.4 Å². The van der Waals surface area contributed by atoms with Gasteiger partial charge in [-0.3, -0.25) is 4.90 Å². The molecule has 2 amide bonds. The summed E-state index contributed by atoms with van der Waals surface area (Å²) in [6.45, 7) is 1.53. The van der Waals surface area contributed by atoms with Gasteiger partial charge in [-0.2, -0.15) is 5.10 Å². The number of carbonyl (C=O) groups excluding carboxylic acids is 1. The predicted octanol–water partition coefficient (Wildman–Crippen LogP) is 6.38. The number of amides is 2. The first-order valence-electron chi connectivity index (χ1n) is 15.2. The number of rotatable bonds is 12. The van der Waals surface area contributed by atoms with Gasteiger partial charge >= 0.3 is 6.03 Å². The number of hydrogen-bond acceptors (Lipinski definition) is 8. The smallest absolute Gasteiger partial charge is 0.319 e. The molecular formula is C36H35FN8O3. The lowest BCUT2D eigenvalue weighted by molar-refractivity contribution is 0.253. The number of aromatic nitrogens is 4. The second-order valence-electron chi connectivity index (χ2n) is 11.3. The first-order valence-corrected chi connectivity index (χ1v) is 15.2. The number of halogens is 1. The maximum Gasteiger partial charge on any atom is 0.319 e. The van der Waals surface area contributed by atoms with Crippen molar-refractivity contribution in [3.8, 4) is 34.0 Å². The molecule has 0 atom stereocenters. The normalized spacial score (nSPS) is 11.1. The Morgan fingerprint density at radius 3 is 2.56 bits per heavy atom. The molecule has 3 N–H and O–H groups in total. The molecule has 0 aliphatic carbocycles. The van der Waals surface area contributed by atoms with Crippen LogP contribution in [0.25, 0.3) is 28.0 Å². The lowest BCUT2D eigenvalue weighted by atomic mass is 10.0. The molecule has 0 saturated carbocycles. The SMILES string of the molecule is COc1ccc2c(-c3ccnc(Nc4cccc(OCCN(C)C)c4)n3)c(-c3cccc(N(Cc4ccc(F)cc4)C(N)=O)c3)nn2c1. The zero-order valence-electron chi connectivity index (χ0n) is 26.8. The maximum absolute atomic E-state index is 13.5. The second-order valence-corrected chi connectivity index (χ2v) is 11.3. The topological polar surface area (TPSA) is 123 Å². The van der Waals surface area contributed by atoms with Crippen LogP contribution in [0.5, 0.6) is 11.5 Å². The summed E-state index contributed by atoms with van der Waals surface area (Å²) in [6, 6.07) is 25.9. The molecule has 11 nitrogen and oxygen atoms in total. The van der Waals surface area contributed by atoms with Crippen LogP contribution < -0.4 is 25.4 Å². The van der Waals surface area contributed by atoms with E-state index in [4.69, 9.17) is 25.3 Å². The van der Waals surface area contributed by atoms with Crippen molar-refractivity contribution in [1.29, 1.82) is 0 Å². The molecular weight excluding hydrogens is 611 g/mol. The number of methoxy groups -OCH3 is 1. The largest absolute Gasteiger partial charge is 0.495 e. The van der Waals surface area contributed by atoms with Gasteiger partial charge in [-0.25, -0.2) is 23.7 Å². The molecule has 3 heterocycles. The minimum absolute atomic E-state index is 0.164. The Labute approximate surface area is 277 Å². The number of hydrogen-bond donors (Lipinski definition) is 2. The van der Waals surface area contributed by atoms with Crippen LogP contribution in [-0.2, 0) is 6.54 Å². The molecule has 0 aliphatic heterocycles. The lowest BCUT2D eigenvalue weighted by Crippen LogP contribution is -2.35. The average Bonchev–Trinajstić information content (AvgIpc) is 3.47. The number of urea groups is 1. The van der Waals surface area contributed by atoms with E-state index in [2.05, 4.69) is 15.2 Å². The number of benzene rings is 3. The van der Waals surface area contributed by atoms with Gasteiger partial charge in [0.15, 0.2) is 0 Å². The Morgan fingerprint density at radius 2 is 1.79 bits per heavy atom. The molecule has 0 unspecified atom stereocenters. The van der Waals surface area contributed by atoms with Crippen LogP contribution >= 0.6 is 0 Å². The number of nitrogens with zero attached hydrogens (tertiary/aromatic N) is 6. The highest BCUT2D eigenvalue weighted by molar-refractivity contribution is 5.94. The van der Waals surface area contributed by atoms with Gasteiger partial charge in [0.05, 0.1) is 36.6 Å². The molecule has 3 aromatic heterocycles. The van der Waals surface area contributed by atoms with E-state index in [-0.39, 0.29) is 12.4 Å². The quantitative estimate of drug-likeness (QED) is 0.157. The summed E-state index contributed by atoms with van der Waals surface area (Å²) >= 11 is 0. The third kappa shape index (κ3) is 7.34. The third-order valence-corrected chi connectivity index (χ3v) is 7.60. The summed E-state index contributed by atoms with van der Waals surface area (Å²) in [5.41, 5.74) is 11.4. The van der Waals surface area contributed by atoms with Gasteiger partial charge in [0.1, 0.15) is 29.6 Å². The van der Waals surface area contributed by atoms with E-state index in [9.17, 15) is 9.18 Å². The van der Waals surface area contributed by atoms with Gasteiger partial charge in [-0.05, 0) is 74.3 Å². The van der Waals surface area contributed by atoms with Crippen LogP contribution in [0, 0.1) is 5.82 Å². The number of nitrogens with two attached hydrogens (primary N) is 1. The number of anilines is 3. The minimum Gasteiger partial charge on any atom is -0.495 e. The van der Waals surface area contributed by atoms with Crippen molar-refractivity contribution in [2.75, 3.05) is 44.6 Å². The molecule has 0 aliphatic rings. The monoisotopic (exact) mass is 646 g/mol. The zero-order chi connectivity index (χ0) is 33.6. The molecule has 244 valence electrons. The van der Waals surface area contributed by atoms with E-state index in [0.29, 0.717) is 35.4 Å². The van der Waals surface area contributed by atoms with Crippen LogP contribution in [0.3, 0.4) is 0 Å². The summed E-state index contributed by atoms with van der Waals surface area (Å²) in [5.74, 6) is 1.41. The van der Waals surface area contributed by atoms with Crippen molar-refractivity contribution in [2.45, 2.75) is 6.54 Å². The molecule has 0 fully saturated rings. The van der Waals surface area contributed by atoms with Gasteiger partial charge in [0, 0.05) is 35.7 Å². The Kier molecular flexibility index (Phi) is 9.44. The molecule has 6 rings (SSSR count). The van der Waals surface area contributed by atoms with E-state index in [1.807, 2.05) is 74.8 Å². The lowest BCUT2D eigenvalue weighted by Gasteiger charge is -2.21. The Balaban J connectivity index is 1.37. The third-order valence-electron chi connectivity index (χ3n) is 7.60. The molecule has 12 heteroatoms. The van der Waals surface area contributed by atoms with Gasteiger partial charge in [0.25, 0.3) is 0 Å². The van der Waals surface area contributed by atoms with Crippen LogP contribution in [0.15, 0.2) is 103 Å². The molecule has 0 saturated heterocycles. The van der Waals surface area contributed by atoms with E-state index in [1.165, 1.54) is 17.0 Å². The van der Waals surface area contributed by atoms with Crippen LogP contribution in [0.4, 0.5) is 26.5 Å². The molecule has 3 aromatic carbocycles. The first-order chi connectivity index (χ1) is 23.3. The highest BCUT2D eigenvalue weighted by atomic mass is 19.1. The summed E-state index contributed by atoms with van der Waals surface area (Å²) in [4.78, 5) is 25.5. The van der Waals surface area contributed by atoms with Crippen molar-refractivity contribution in [1.82, 2.24) is 24.5 Å². The van der Waals surface area contributed by atoms with E-state index >= 15 is 0 Å². The first kappa shape index (κ1) is 32.0. The summed E-state index contributed by atoms with van der Waals surface area (Å²) < 4.78 is 26.6. The summed E-state index contributed by atoms with van der Waals surface area (Å²) in [6.07, 6.45) is 3.48. The van der Waals surface area contributed by atoms with Crippen molar-refractivity contribution in [2.24, 2.45) is 5.73 Å². The minimum atomic E-state index is -0.643. The van der Waals surface area contributed by atoms with E-state index in [0.717, 1.165) is 40.2 Å². The van der Waals surface area contributed by atoms with Crippen molar-refractivity contribution < 1.29 is 18.7 Å². The number of ether oxygens (including phenoxy) is 2. The predicted molar refractivity (Wildman–Crippen MR) is 184 cm³/mol. The fourth-order valence-corrected chi connectivity index (χ4v) is 5.19. The number of likely N-dealkylation sites (N-methyl/N-ethyl adjacent to an activating group) is 1. The number of primary amides is 1. The second kappa shape index (κ2) is 14.2. The van der Waals surface area contributed by atoms with Gasteiger partial charge in [0.2, 0.25) is 5.95 Å². The number of fused-ring (bicyclic) bond motifs is 1. The molecule has 0 spiro atoms. The number of carbonyl (C=O) groups is 1. The fourth-order valence-electron chi connectivity index (χ4n) is 5.19. The Bertz CT molecular complexity index is 2050. The standard InChI is InChI=1S/C36H35FN8O3/c1-43(2)18-19-48-29-9-5-7-27(21-29)40-36-39-17-16-31(41-36)33-32-15-14-30(47-3)23-45(32)42-34(33)25-6-4-8-28(20-25)44(35(38)46)22-24-10-12-26(37)13-11-24/h4-17,20-21,23H,18-19,22H2,1-3H3,(H2,38,46)(H,39,40,41).